The molecule has 0 radical (unpaired) electrons. The van der Waals surface area contributed by atoms with Gasteiger partial charge in [-0.3, -0.25) is 48.7 Å². The third-order valence-corrected chi connectivity index (χ3v) is 12.4. The summed E-state index contributed by atoms with van der Waals surface area (Å²) < 4.78 is 0. The Labute approximate surface area is 409 Å². The van der Waals surface area contributed by atoms with Crippen molar-refractivity contribution in [3.05, 3.63) is 90.1 Å². The molecule has 378 valence electrons. The predicted molar refractivity (Wildman–Crippen MR) is 259 cm³/mol. The number of para-hydroxylation sites is 1. The summed E-state index contributed by atoms with van der Waals surface area (Å²) in [6.45, 7) is 3.00. The van der Waals surface area contributed by atoms with Crippen molar-refractivity contribution in [1.29, 1.82) is 5.41 Å². The van der Waals surface area contributed by atoms with Gasteiger partial charge in [0.05, 0.1) is 12.4 Å². The summed E-state index contributed by atoms with van der Waals surface area (Å²) in [5.74, 6) is -5.74. The van der Waals surface area contributed by atoms with E-state index < -0.39 is 89.7 Å². The number of carbonyl (C=O) groups excluding carboxylic acids is 9. The average Bonchev–Trinajstić information content (AvgIpc) is 4.08. The van der Waals surface area contributed by atoms with Crippen molar-refractivity contribution >= 4 is 70.0 Å². The number of rotatable bonds is 11. The molecule has 6 rings (SSSR count). The largest absolute Gasteiger partial charge is 0.370 e. The Bertz CT molecular complexity index is 2570. The van der Waals surface area contributed by atoms with Crippen LogP contribution in [0.3, 0.4) is 0 Å². The van der Waals surface area contributed by atoms with E-state index in [4.69, 9.17) is 11.1 Å². The molecule has 0 aliphatic carbocycles. The molecule has 0 unspecified atom stereocenters. The highest BCUT2D eigenvalue weighted by molar-refractivity contribution is 6.08. The fourth-order valence-corrected chi connectivity index (χ4v) is 8.46. The highest BCUT2D eigenvalue weighted by Crippen LogP contribution is 2.20. The minimum atomic E-state index is -1.42. The molecular weight excluding hydrogens is 917 g/mol. The molecule has 4 heterocycles. The number of nitrogens with one attached hydrogen (secondary N) is 11. The number of urea groups is 1. The quantitative estimate of drug-likeness (QED) is 0.0395. The number of amides is 9. The maximum atomic E-state index is 14.6. The van der Waals surface area contributed by atoms with Gasteiger partial charge in [-0.2, -0.15) is 0 Å². The number of hydrogen-bond donors (Lipinski definition) is 12. The summed E-state index contributed by atoms with van der Waals surface area (Å²) in [5.41, 5.74) is 8.04. The molecule has 0 spiro atoms. The van der Waals surface area contributed by atoms with E-state index in [1.54, 1.807) is 36.5 Å². The first-order valence-electron chi connectivity index (χ1n) is 23.6. The van der Waals surface area contributed by atoms with E-state index in [1.165, 1.54) is 26.4 Å². The van der Waals surface area contributed by atoms with Crippen LogP contribution in [0.4, 0.5) is 4.79 Å². The maximum absolute atomic E-state index is 14.6. The monoisotopic (exact) mass is 978 g/mol. The standard InChI is InChI=1S/C48H62N14O9/c1-27-41(65)58-39(23-31-25-51-26-55-31)45(69)59-37(21-29-11-4-3-5-12-29)43(67)57-35(16-10-20-53-47(49)50)42(66)60-38(22-30-24-54-34-15-7-6-13-32(30)34)44(68)56-33(28(2)63)14-8-9-19-52-40(64)18-17-36-46(70)62(27)48(71)61-36/h3-7,11-13,15,24-27,33,35-39,54H,8-10,14,16-23H2,1-2H3,(H,51,55)(H,52,64)(H,56,68)(H,57,67)(H,58,65)(H,59,69)(H,60,66)(H,61,71)(H4,49,50,53)/t27-,33+,35+,36+,37-,38+,39+/m1/s1. The number of fused-ring (bicyclic) bond motifs is 3. The van der Waals surface area contributed by atoms with Crippen molar-refractivity contribution in [3.63, 3.8) is 0 Å². The summed E-state index contributed by atoms with van der Waals surface area (Å²) in [4.78, 5) is 135. The van der Waals surface area contributed by atoms with Gasteiger partial charge in [0.15, 0.2) is 11.7 Å². The van der Waals surface area contributed by atoms with Gasteiger partial charge in [0, 0.05) is 67.8 Å². The first-order valence-corrected chi connectivity index (χ1v) is 23.6. The fourth-order valence-electron chi connectivity index (χ4n) is 8.46. The van der Waals surface area contributed by atoms with Crippen LogP contribution >= 0.6 is 0 Å². The minimum absolute atomic E-state index is 0.0204. The first kappa shape index (κ1) is 52.3. The van der Waals surface area contributed by atoms with Crippen LogP contribution in [-0.4, -0.2) is 134 Å². The normalized spacial score (nSPS) is 23.8. The molecule has 2 aromatic heterocycles. The Kier molecular flexibility index (Phi) is 18.4. The van der Waals surface area contributed by atoms with Gasteiger partial charge in [0.2, 0.25) is 35.4 Å². The molecule has 0 saturated carbocycles. The van der Waals surface area contributed by atoms with Gasteiger partial charge in [0.25, 0.3) is 5.91 Å². The number of Topliss-reactive ketones (excluding diaryl/α,β-unsaturated/α-hetero) is 1. The fraction of sp³-hybridized carbons (Fsp3) is 0.438. The van der Waals surface area contributed by atoms with E-state index in [9.17, 15) is 43.2 Å². The van der Waals surface area contributed by atoms with Gasteiger partial charge in [-0.25, -0.2) is 9.78 Å². The van der Waals surface area contributed by atoms with Crippen LogP contribution in [-0.2, 0) is 57.6 Å². The zero-order valence-corrected chi connectivity index (χ0v) is 39.6. The van der Waals surface area contributed by atoms with E-state index in [0.29, 0.717) is 29.7 Å². The van der Waals surface area contributed by atoms with Crippen molar-refractivity contribution in [2.75, 3.05) is 13.1 Å². The van der Waals surface area contributed by atoms with Crippen LogP contribution in [0.5, 0.6) is 0 Å². The van der Waals surface area contributed by atoms with Crippen molar-refractivity contribution in [2.45, 2.75) is 120 Å². The van der Waals surface area contributed by atoms with Gasteiger partial charge in [-0.1, -0.05) is 48.5 Å². The average molecular weight is 979 g/mol. The predicted octanol–water partition coefficient (Wildman–Crippen LogP) is -0.416. The number of ketones is 1. The van der Waals surface area contributed by atoms with Gasteiger partial charge < -0.3 is 58.2 Å². The number of benzene rings is 2. The summed E-state index contributed by atoms with van der Waals surface area (Å²) in [6, 6.07) is 6.40. The van der Waals surface area contributed by atoms with Crippen molar-refractivity contribution < 1.29 is 43.2 Å². The second kappa shape index (κ2) is 25.0. The van der Waals surface area contributed by atoms with E-state index >= 15 is 0 Å². The molecule has 23 heteroatoms. The smallest absolute Gasteiger partial charge is 0.325 e. The van der Waals surface area contributed by atoms with Crippen molar-refractivity contribution in [3.8, 4) is 0 Å². The Morgan fingerprint density at radius 1 is 0.761 bits per heavy atom. The highest BCUT2D eigenvalue weighted by Gasteiger charge is 2.43. The topological polar surface area (TPSA) is 347 Å². The van der Waals surface area contributed by atoms with Gasteiger partial charge >= 0.3 is 6.03 Å². The minimum Gasteiger partial charge on any atom is -0.370 e. The van der Waals surface area contributed by atoms with Crippen LogP contribution in [0.2, 0.25) is 0 Å². The molecule has 2 aromatic carbocycles. The number of hydrogen-bond acceptors (Lipinski definition) is 11. The number of imide groups is 1. The number of imidazole rings is 1. The Balaban J connectivity index is 1.34. The maximum Gasteiger partial charge on any atom is 0.325 e. The number of nitrogens with two attached hydrogens (primary N) is 1. The molecule has 4 aromatic rings. The van der Waals surface area contributed by atoms with Crippen molar-refractivity contribution in [2.24, 2.45) is 5.73 Å². The van der Waals surface area contributed by atoms with Crippen LogP contribution in [0.25, 0.3) is 10.9 Å². The number of aromatic amines is 2. The molecule has 2 fully saturated rings. The molecule has 71 heavy (non-hydrogen) atoms. The Morgan fingerprint density at radius 2 is 1.41 bits per heavy atom. The SMILES string of the molecule is CC(=O)[C@@H]1CCCCNC(=O)CC[C@@H]2NC(=O)N(C2=O)[C@H](C)C(=O)N[C@@H](Cc2cnc[nH]2)C(=O)N[C@H](Cc2ccccc2)C(=O)N[C@@H](CCCNC(=N)N)C(=O)N[C@@H](Cc2c[nH]c3ccccc23)C(=O)N1. The van der Waals surface area contributed by atoms with E-state index in [1.807, 2.05) is 24.3 Å². The number of nitrogens with zero attached hydrogens (tertiary/aromatic N) is 2. The zero-order valence-electron chi connectivity index (χ0n) is 39.6. The second-order valence-corrected chi connectivity index (χ2v) is 17.7. The third-order valence-electron chi connectivity index (χ3n) is 12.4. The lowest BCUT2D eigenvalue weighted by molar-refractivity contribution is -0.137. The van der Waals surface area contributed by atoms with E-state index in [-0.39, 0.29) is 76.2 Å². The lowest BCUT2D eigenvalue weighted by Gasteiger charge is -2.28. The zero-order chi connectivity index (χ0) is 51.0. The summed E-state index contributed by atoms with van der Waals surface area (Å²) in [7, 11) is 0. The summed E-state index contributed by atoms with van der Waals surface area (Å²) in [5, 5.41) is 30.2. The molecule has 2 bridgehead atoms. The van der Waals surface area contributed by atoms with Crippen LogP contribution in [0, 0.1) is 5.41 Å². The van der Waals surface area contributed by atoms with Gasteiger partial charge in [0.1, 0.15) is 36.3 Å². The number of H-pyrrole nitrogens is 2. The lowest BCUT2D eigenvalue weighted by atomic mass is 10.0. The number of aromatic nitrogens is 3. The summed E-state index contributed by atoms with van der Waals surface area (Å²) >= 11 is 0. The van der Waals surface area contributed by atoms with Gasteiger partial charge in [-0.05, 0) is 69.6 Å². The molecule has 13 N–H and O–H groups in total. The number of carbonyl (C=O) groups is 9. The lowest BCUT2D eigenvalue weighted by Crippen LogP contribution is -2.60. The highest BCUT2D eigenvalue weighted by atomic mass is 16.2. The van der Waals surface area contributed by atoms with Crippen molar-refractivity contribution in [1.82, 2.24) is 62.4 Å². The molecule has 7 atom stereocenters. The summed E-state index contributed by atoms with van der Waals surface area (Å²) in [6.07, 6.45) is 5.25. The first-order chi connectivity index (χ1) is 34.1. The van der Waals surface area contributed by atoms with Crippen LogP contribution in [0.1, 0.15) is 75.6 Å². The van der Waals surface area contributed by atoms with Gasteiger partial charge in [-0.15, -0.1) is 0 Å². The Morgan fingerprint density at radius 3 is 2.11 bits per heavy atom. The van der Waals surface area contributed by atoms with E-state index in [0.717, 1.165) is 15.8 Å². The third kappa shape index (κ3) is 14.7. The molecule has 2 aliphatic heterocycles. The molecule has 2 saturated heterocycles. The molecule has 2 aliphatic rings. The second-order valence-electron chi connectivity index (χ2n) is 17.7. The van der Waals surface area contributed by atoms with Crippen LogP contribution in [0.15, 0.2) is 73.3 Å². The Hall–Kier alpha value is -8.11. The van der Waals surface area contributed by atoms with E-state index in [2.05, 4.69) is 57.5 Å². The molecule has 9 amide bonds. The van der Waals surface area contributed by atoms with Crippen LogP contribution < -0.4 is 48.3 Å². The number of guanidine groups is 1. The molecule has 23 nitrogen and oxygen atoms in total. The molecular formula is C48H62N14O9.